The molecule has 0 atom stereocenters. The number of pyridine rings is 1. The second kappa shape index (κ2) is 6.19. The van der Waals surface area contributed by atoms with E-state index in [2.05, 4.69) is 22.5 Å². The van der Waals surface area contributed by atoms with Crippen LogP contribution in [-0.2, 0) is 6.42 Å². The number of benzene rings is 1. The van der Waals surface area contributed by atoms with E-state index < -0.39 is 0 Å². The average Bonchev–Trinajstić information content (AvgIpc) is 2.49. The SMILES string of the molecule is CCc1cccc(C)c1NC(=O)c1ccnc(NC)c1. The van der Waals surface area contributed by atoms with E-state index in [1.54, 1.807) is 25.4 Å². The van der Waals surface area contributed by atoms with Crippen molar-refractivity contribution in [1.82, 2.24) is 4.98 Å². The molecule has 1 aromatic heterocycles. The third-order valence-corrected chi connectivity index (χ3v) is 3.26. The summed E-state index contributed by atoms with van der Waals surface area (Å²) in [5, 5.41) is 5.93. The molecule has 4 heteroatoms. The molecule has 104 valence electrons. The number of anilines is 2. The molecule has 0 aliphatic rings. The Balaban J connectivity index is 2.27. The Kier molecular flexibility index (Phi) is 4.35. The molecule has 0 spiro atoms. The zero-order valence-electron chi connectivity index (χ0n) is 12.0. The second-order valence-corrected chi connectivity index (χ2v) is 4.60. The van der Waals surface area contributed by atoms with Gasteiger partial charge in [-0.05, 0) is 36.6 Å². The Hall–Kier alpha value is -2.36. The number of hydrogen-bond acceptors (Lipinski definition) is 3. The third kappa shape index (κ3) is 2.96. The Labute approximate surface area is 119 Å². The van der Waals surface area contributed by atoms with Crippen LogP contribution in [0.1, 0.15) is 28.4 Å². The zero-order valence-corrected chi connectivity index (χ0v) is 12.0. The van der Waals surface area contributed by atoms with Crippen LogP contribution in [0.4, 0.5) is 11.5 Å². The summed E-state index contributed by atoms with van der Waals surface area (Å²) in [5.74, 6) is 0.561. The maximum Gasteiger partial charge on any atom is 0.255 e. The molecule has 0 aliphatic carbocycles. The Morgan fingerprint density at radius 3 is 2.80 bits per heavy atom. The number of carbonyl (C=O) groups is 1. The molecular formula is C16H19N3O. The molecule has 0 bridgehead atoms. The summed E-state index contributed by atoms with van der Waals surface area (Å²) in [6.07, 6.45) is 2.51. The molecular weight excluding hydrogens is 250 g/mol. The average molecular weight is 269 g/mol. The number of amides is 1. The fourth-order valence-corrected chi connectivity index (χ4v) is 2.10. The van der Waals surface area contributed by atoms with Crippen LogP contribution >= 0.6 is 0 Å². The van der Waals surface area contributed by atoms with E-state index in [4.69, 9.17) is 0 Å². The van der Waals surface area contributed by atoms with E-state index in [1.165, 1.54) is 0 Å². The van der Waals surface area contributed by atoms with Gasteiger partial charge >= 0.3 is 0 Å². The molecule has 0 fully saturated rings. The number of para-hydroxylation sites is 1. The quantitative estimate of drug-likeness (QED) is 0.895. The van der Waals surface area contributed by atoms with E-state index >= 15 is 0 Å². The standard InChI is InChI=1S/C16H19N3O/c1-4-12-7-5-6-11(2)15(12)19-16(20)13-8-9-18-14(10-13)17-3/h5-10H,4H2,1-3H3,(H,17,18)(H,19,20). The van der Waals surface area contributed by atoms with Crippen LogP contribution in [-0.4, -0.2) is 17.9 Å². The van der Waals surface area contributed by atoms with Crippen molar-refractivity contribution in [1.29, 1.82) is 0 Å². The summed E-state index contributed by atoms with van der Waals surface area (Å²) in [5.41, 5.74) is 3.71. The lowest BCUT2D eigenvalue weighted by Crippen LogP contribution is -2.14. The maximum atomic E-state index is 12.3. The van der Waals surface area contributed by atoms with Crippen LogP contribution in [0.3, 0.4) is 0 Å². The molecule has 2 rings (SSSR count). The summed E-state index contributed by atoms with van der Waals surface area (Å²) in [6.45, 7) is 4.08. The van der Waals surface area contributed by atoms with E-state index in [9.17, 15) is 4.79 Å². The van der Waals surface area contributed by atoms with E-state index in [0.29, 0.717) is 11.4 Å². The fraction of sp³-hybridized carbons (Fsp3) is 0.250. The lowest BCUT2D eigenvalue weighted by Gasteiger charge is -2.13. The van der Waals surface area contributed by atoms with E-state index in [0.717, 1.165) is 23.2 Å². The first-order chi connectivity index (χ1) is 9.65. The second-order valence-electron chi connectivity index (χ2n) is 4.60. The van der Waals surface area contributed by atoms with Crippen molar-refractivity contribution in [3.63, 3.8) is 0 Å². The van der Waals surface area contributed by atoms with Crippen LogP contribution in [0.2, 0.25) is 0 Å². The summed E-state index contributed by atoms with van der Waals surface area (Å²) >= 11 is 0. The highest BCUT2D eigenvalue weighted by molar-refractivity contribution is 6.05. The van der Waals surface area contributed by atoms with Crippen LogP contribution in [0, 0.1) is 6.92 Å². The van der Waals surface area contributed by atoms with Crippen molar-refractivity contribution in [2.45, 2.75) is 20.3 Å². The minimum Gasteiger partial charge on any atom is -0.373 e. The highest BCUT2D eigenvalue weighted by Crippen LogP contribution is 2.22. The summed E-state index contributed by atoms with van der Waals surface area (Å²) in [7, 11) is 1.78. The predicted octanol–water partition coefficient (Wildman–Crippen LogP) is 3.25. The van der Waals surface area contributed by atoms with Gasteiger partial charge in [0.2, 0.25) is 0 Å². The van der Waals surface area contributed by atoms with Crippen molar-refractivity contribution in [3.8, 4) is 0 Å². The number of carbonyl (C=O) groups excluding carboxylic acids is 1. The number of nitrogens with one attached hydrogen (secondary N) is 2. The third-order valence-electron chi connectivity index (χ3n) is 3.26. The van der Waals surface area contributed by atoms with Gasteiger partial charge in [-0.3, -0.25) is 4.79 Å². The van der Waals surface area contributed by atoms with Gasteiger partial charge in [-0.15, -0.1) is 0 Å². The van der Waals surface area contributed by atoms with Crippen molar-refractivity contribution in [2.75, 3.05) is 17.7 Å². The molecule has 0 unspecified atom stereocenters. The predicted molar refractivity (Wildman–Crippen MR) is 82.3 cm³/mol. The van der Waals surface area contributed by atoms with Crippen LogP contribution < -0.4 is 10.6 Å². The van der Waals surface area contributed by atoms with Gasteiger partial charge in [-0.2, -0.15) is 0 Å². The van der Waals surface area contributed by atoms with Crippen molar-refractivity contribution < 1.29 is 4.79 Å². The number of aryl methyl sites for hydroxylation is 2. The minimum absolute atomic E-state index is 0.118. The summed E-state index contributed by atoms with van der Waals surface area (Å²) < 4.78 is 0. The Morgan fingerprint density at radius 2 is 2.10 bits per heavy atom. The number of rotatable bonds is 4. The van der Waals surface area contributed by atoms with Crippen molar-refractivity contribution in [2.24, 2.45) is 0 Å². The maximum absolute atomic E-state index is 12.3. The molecule has 0 radical (unpaired) electrons. The molecule has 4 nitrogen and oxygen atoms in total. The van der Waals surface area contributed by atoms with Gasteiger partial charge in [0.25, 0.3) is 5.91 Å². The monoisotopic (exact) mass is 269 g/mol. The molecule has 20 heavy (non-hydrogen) atoms. The molecule has 2 aromatic rings. The Bertz CT molecular complexity index is 623. The molecule has 1 amide bonds. The van der Waals surface area contributed by atoms with Gasteiger partial charge in [-0.25, -0.2) is 4.98 Å². The van der Waals surface area contributed by atoms with Gasteiger partial charge in [0.05, 0.1) is 0 Å². The molecule has 2 N–H and O–H groups in total. The first-order valence-corrected chi connectivity index (χ1v) is 6.69. The Morgan fingerprint density at radius 1 is 1.30 bits per heavy atom. The lowest BCUT2D eigenvalue weighted by molar-refractivity contribution is 0.102. The van der Waals surface area contributed by atoms with Gasteiger partial charge in [-0.1, -0.05) is 25.1 Å². The number of hydrogen-bond donors (Lipinski definition) is 2. The van der Waals surface area contributed by atoms with Gasteiger partial charge < -0.3 is 10.6 Å². The van der Waals surface area contributed by atoms with Crippen LogP contribution in [0.5, 0.6) is 0 Å². The van der Waals surface area contributed by atoms with Gasteiger partial charge in [0.15, 0.2) is 0 Å². The topological polar surface area (TPSA) is 54.0 Å². The van der Waals surface area contributed by atoms with Gasteiger partial charge in [0.1, 0.15) is 5.82 Å². The van der Waals surface area contributed by atoms with Crippen LogP contribution in [0.15, 0.2) is 36.5 Å². The minimum atomic E-state index is -0.118. The highest BCUT2D eigenvalue weighted by atomic mass is 16.1. The molecule has 0 saturated carbocycles. The first kappa shape index (κ1) is 14.1. The van der Waals surface area contributed by atoms with Gasteiger partial charge in [0, 0.05) is 24.5 Å². The summed E-state index contributed by atoms with van der Waals surface area (Å²) in [6, 6.07) is 9.49. The number of aromatic nitrogens is 1. The molecule has 1 heterocycles. The molecule has 1 aromatic carbocycles. The summed E-state index contributed by atoms with van der Waals surface area (Å²) in [4.78, 5) is 16.4. The largest absolute Gasteiger partial charge is 0.373 e. The molecule has 0 saturated heterocycles. The first-order valence-electron chi connectivity index (χ1n) is 6.69. The normalized spacial score (nSPS) is 10.2. The molecule has 0 aliphatic heterocycles. The smallest absolute Gasteiger partial charge is 0.255 e. The lowest BCUT2D eigenvalue weighted by atomic mass is 10.1. The number of nitrogens with zero attached hydrogens (tertiary/aromatic N) is 1. The fourth-order valence-electron chi connectivity index (χ4n) is 2.10. The van der Waals surface area contributed by atoms with E-state index in [1.807, 2.05) is 25.1 Å². The van der Waals surface area contributed by atoms with Crippen molar-refractivity contribution >= 4 is 17.4 Å². The van der Waals surface area contributed by atoms with Crippen molar-refractivity contribution in [3.05, 3.63) is 53.2 Å². The zero-order chi connectivity index (χ0) is 14.5. The van der Waals surface area contributed by atoms with Crippen LogP contribution in [0.25, 0.3) is 0 Å². The van der Waals surface area contributed by atoms with E-state index in [-0.39, 0.29) is 5.91 Å². The highest BCUT2D eigenvalue weighted by Gasteiger charge is 2.11.